The molecule has 1 aliphatic carbocycles. The third kappa shape index (κ3) is 3.58. The standard InChI is InChI=1S/C17H27NO/c1-4-6-17(19-3)16(18-2)12-13-9-10-14-7-5-8-15(14)11-13/h9-11,16-18H,4-8,12H2,1-3H3. The Hall–Kier alpha value is -0.860. The highest BCUT2D eigenvalue weighted by atomic mass is 16.5. The molecule has 2 heteroatoms. The van der Waals surface area contributed by atoms with E-state index in [9.17, 15) is 0 Å². The SMILES string of the molecule is CCCC(OC)C(Cc1ccc2c(c1)CCC2)NC. The monoisotopic (exact) mass is 261 g/mol. The van der Waals surface area contributed by atoms with E-state index < -0.39 is 0 Å². The van der Waals surface area contributed by atoms with E-state index in [-0.39, 0.29) is 0 Å². The van der Waals surface area contributed by atoms with Crippen molar-refractivity contribution in [1.82, 2.24) is 5.32 Å². The van der Waals surface area contributed by atoms with Crippen LogP contribution in [0.2, 0.25) is 0 Å². The number of hydrogen-bond donors (Lipinski definition) is 1. The van der Waals surface area contributed by atoms with Crippen molar-refractivity contribution in [2.24, 2.45) is 0 Å². The Morgan fingerprint density at radius 2 is 2.05 bits per heavy atom. The van der Waals surface area contributed by atoms with Crippen LogP contribution in [-0.4, -0.2) is 26.3 Å². The molecule has 0 bridgehead atoms. The molecule has 2 nitrogen and oxygen atoms in total. The number of aryl methyl sites for hydroxylation is 2. The molecule has 2 unspecified atom stereocenters. The van der Waals surface area contributed by atoms with Gasteiger partial charge in [0.05, 0.1) is 6.10 Å². The molecular formula is C17H27NO. The van der Waals surface area contributed by atoms with Crippen LogP contribution >= 0.6 is 0 Å². The van der Waals surface area contributed by atoms with Gasteiger partial charge in [0.1, 0.15) is 0 Å². The number of ether oxygens (including phenoxy) is 1. The maximum Gasteiger partial charge on any atom is 0.0727 e. The van der Waals surface area contributed by atoms with Gasteiger partial charge in [-0.15, -0.1) is 0 Å². The number of hydrogen-bond acceptors (Lipinski definition) is 2. The fraction of sp³-hybridized carbons (Fsp3) is 0.647. The van der Waals surface area contributed by atoms with Gasteiger partial charge in [-0.25, -0.2) is 0 Å². The van der Waals surface area contributed by atoms with E-state index in [4.69, 9.17) is 4.74 Å². The molecule has 106 valence electrons. The van der Waals surface area contributed by atoms with Crippen LogP contribution in [0.15, 0.2) is 18.2 Å². The third-order valence-corrected chi connectivity index (χ3v) is 4.31. The Morgan fingerprint density at radius 3 is 2.74 bits per heavy atom. The first kappa shape index (κ1) is 14.5. The van der Waals surface area contributed by atoms with Crippen molar-refractivity contribution < 1.29 is 4.74 Å². The predicted octanol–water partition coefficient (Wildman–Crippen LogP) is 3.12. The number of rotatable bonds is 7. The van der Waals surface area contributed by atoms with Crippen LogP contribution in [0.4, 0.5) is 0 Å². The molecule has 1 aliphatic rings. The van der Waals surface area contributed by atoms with Gasteiger partial charge >= 0.3 is 0 Å². The highest BCUT2D eigenvalue weighted by Crippen LogP contribution is 2.24. The fourth-order valence-electron chi connectivity index (χ4n) is 3.19. The summed E-state index contributed by atoms with van der Waals surface area (Å²) in [7, 11) is 3.87. The molecule has 0 amide bonds. The predicted molar refractivity (Wildman–Crippen MR) is 80.7 cm³/mol. The lowest BCUT2D eigenvalue weighted by molar-refractivity contribution is 0.0633. The zero-order valence-corrected chi connectivity index (χ0v) is 12.5. The summed E-state index contributed by atoms with van der Waals surface area (Å²) in [5, 5.41) is 3.43. The van der Waals surface area contributed by atoms with Gasteiger partial charge in [0.15, 0.2) is 0 Å². The summed E-state index contributed by atoms with van der Waals surface area (Å²) in [6.45, 7) is 2.22. The second kappa shape index (κ2) is 7.06. The number of likely N-dealkylation sites (N-methyl/N-ethyl adjacent to an activating group) is 1. The minimum Gasteiger partial charge on any atom is -0.380 e. The zero-order valence-electron chi connectivity index (χ0n) is 12.5. The van der Waals surface area contributed by atoms with Gasteiger partial charge in [0.2, 0.25) is 0 Å². The van der Waals surface area contributed by atoms with E-state index in [1.807, 2.05) is 14.2 Å². The van der Waals surface area contributed by atoms with Gasteiger partial charge in [-0.05, 0) is 55.8 Å². The van der Waals surface area contributed by atoms with Gasteiger partial charge in [-0.3, -0.25) is 0 Å². The second-order valence-electron chi connectivity index (χ2n) is 5.62. The summed E-state index contributed by atoms with van der Waals surface area (Å²) in [6, 6.07) is 7.44. The van der Waals surface area contributed by atoms with E-state index in [2.05, 4.69) is 30.4 Å². The van der Waals surface area contributed by atoms with Gasteiger partial charge in [0, 0.05) is 13.2 Å². The Bertz CT molecular complexity index is 402. The normalized spacial score (nSPS) is 17.2. The molecule has 0 aliphatic heterocycles. The molecular weight excluding hydrogens is 234 g/mol. The van der Waals surface area contributed by atoms with Gasteiger partial charge < -0.3 is 10.1 Å². The van der Waals surface area contributed by atoms with E-state index in [1.165, 1.54) is 31.2 Å². The Morgan fingerprint density at radius 1 is 1.26 bits per heavy atom. The number of nitrogens with one attached hydrogen (secondary N) is 1. The molecule has 2 rings (SSSR count). The van der Waals surface area contributed by atoms with Crippen LogP contribution < -0.4 is 5.32 Å². The minimum absolute atomic E-state index is 0.309. The van der Waals surface area contributed by atoms with E-state index in [0.717, 1.165) is 12.8 Å². The average molecular weight is 261 g/mol. The van der Waals surface area contributed by atoms with Crippen LogP contribution in [0.1, 0.15) is 42.9 Å². The molecule has 0 aromatic heterocycles. The third-order valence-electron chi connectivity index (χ3n) is 4.31. The Kier molecular flexibility index (Phi) is 5.41. The number of methoxy groups -OCH3 is 1. The summed E-state index contributed by atoms with van der Waals surface area (Å²) < 4.78 is 5.65. The van der Waals surface area contributed by atoms with E-state index in [1.54, 1.807) is 11.1 Å². The maximum atomic E-state index is 5.65. The molecule has 2 atom stereocenters. The lowest BCUT2D eigenvalue weighted by Crippen LogP contribution is -2.40. The summed E-state index contributed by atoms with van der Waals surface area (Å²) >= 11 is 0. The molecule has 0 saturated heterocycles. The molecule has 0 radical (unpaired) electrons. The van der Waals surface area contributed by atoms with E-state index in [0.29, 0.717) is 12.1 Å². The van der Waals surface area contributed by atoms with Crippen molar-refractivity contribution in [3.8, 4) is 0 Å². The fourth-order valence-corrected chi connectivity index (χ4v) is 3.19. The molecule has 0 heterocycles. The minimum atomic E-state index is 0.309. The molecule has 1 aromatic rings. The van der Waals surface area contributed by atoms with Crippen LogP contribution in [0, 0.1) is 0 Å². The summed E-state index contributed by atoms with van der Waals surface area (Å²) in [5.41, 5.74) is 4.57. The topological polar surface area (TPSA) is 21.3 Å². The molecule has 1 N–H and O–H groups in total. The molecule has 0 fully saturated rings. The van der Waals surface area contributed by atoms with Gasteiger partial charge in [-0.2, -0.15) is 0 Å². The molecule has 0 saturated carbocycles. The quantitative estimate of drug-likeness (QED) is 0.814. The van der Waals surface area contributed by atoms with Crippen molar-refractivity contribution in [1.29, 1.82) is 0 Å². The molecule has 0 spiro atoms. The first-order chi connectivity index (χ1) is 9.28. The Balaban J connectivity index is 2.05. The lowest BCUT2D eigenvalue weighted by Gasteiger charge is -2.25. The number of fused-ring (bicyclic) bond motifs is 1. The Labute approximate surface area is 117 Å². The highest BCUT2D eigenvalue weighted by Gasteiger charge is 2.20. The van der Waals surface area contributed by atoms with Crippen LogP contribution in [0.3, 0.4) is 0 Å². The first-order valence-corrected chi connectivity index (χ1v) is 7.59. The van der Waals surface area contributed by atoms with Crippen molar-refractivity contribution in [2.45, 2.75) is 57.6 Å². The molecule has 1 aromatic carbocycles. The highest BCUT2D eigenvalue weighted by molar-refractivity contribution is 5.35. The van der Waals surface area contributed by atoms with Crippen molar-refractivity contribution in [3.63, 3.8) is 0 Å². The maximum absolute atomic E-state index is 5.65. The summed E-state index contributed by atoms with van der Waals surface area (Å²) in [6.07, 6.45) is 7.50. The number of benzene rings is 1. The van der Waals surface area contributed by atoms with Crippen molar-refractivity contribution in [2.75, 3.05) is 14.2 Å². The smallest absolute Gasteiger partial charge is 0.0727 e. The van der Waals surface area contributed by atoms with Crippen molar-refractivity contribution in [3.05, 3.63) is 34.9 Å². The molecule has 19 heavy (non-hydrogen) atoms. The van der Waals surface area contributed by atoms with Gasteiger partial charge in [-0.1, -0.05) is 31.5 Å². The van der Waals surface area contributed by atoms with Crippen LogP contribution in [0.25, 0.3) is 0 Å². The van der Waals surface area contributed by atoms with Crippen LogP contribution in [0.5, 0.6) is 0 Å². The average Bonchev–Trinajstić information content (AvgIpc) is 2.90. The van der Waals surface area contributed by atoms with Crippen LogP contribution in [-0.2, 0) is 24.0 Å². The largest absolute Gasteiger partial charge is 0.380 e. The first-order valence-electron chi connectivity index (χ1n) is 7.59. The second-order valence-corrected chi connectivity index (χ2v) is 5.62. The summed E-state index contributed by atoms with van der Waals surface area (Å²) in [4.78, 5) is 0. The summed E-state index contributed by atoms with van der Waals surface area (Å²) in [5.74, 6) is 0. The van der Waals surface area contributed by atoms with Crippen molar-refractivity contribution >= 4 is 0 Å². The van der Waals surface area contributed by atoms with E-state index >= 15 is 0 Å². The lowest BCUT2D eigenvalue weighted by atomic mass is 9.96. The zero-order chi connectivity index (χ0) is 13.7. The van der Waals surface area contributed by atoms with Gasteiger partial charge in [0.25, 0.3) is 0 Å².